The largest absolute Gasteiger partial charge is 0.492 e. The molecule has 2 aromatic rings. The maximum atomic E-state index is 11.9. The molecule has 0 atom stereocenters. The molecule has 0 aliphatic rings. The molecule has 1 aromatic carbocycles. The van der Waals surface area contributed by atoms with E-state index >= 15 is 0 Å². The molecule has 3 N–H and O–H groups in total. The third-order valence-corrected chi connectivity index (χ3v) is 4.04. The Morgan fingerprint density at radius 2 is 2.00 bits per heavy atom. The molecule has 0 unspecified atom stereocenters. The summed E-state index contributed by atoms with van der Waals surface area (Å²) in [5.74, 6) is 0.724. The number of aryl methyl sites for hydroxylation is 1. The number of rotatable bonds is 7. The van der Waals surface area contributed by atoms with Crippen LogP contribution in [0.3, 0.4) is 0 Å². The monoisotopic (exact) mass is 324 g/mol. The number of benzene rings is 1. The first-order chi connectivity index (χ1) is 10.2. The van der Waals surface area contributed by atoms with Crippen molar-refractivity contribution in [3.63, 3.8) is 0 Å². The van der Waals surface area contributed by atoms with E-state index in [-0.39, 0.29) is 5.91 Å². The second kappa shape index (κ2) is 8.02. The Kier molecular flexibility index (Phi) is 6.04. The molecular formula is C15H17ClN2O2S. The number of thiophene rings is 1. The number of hydrogen-bond acceptors (Lipinski definition) is 4. The van der Waals surface area contributed by atoms with Crippen LogP contribution in [-0.2, 0) is 11.2 Å². The van der Waals surface area contributed by atoms with Gasteiger partial charge in [0.05, 0.1) is 4.34 Å². The zero-order chi connectivity index (χ0) is 15.1. The number of halogens is 1. The summed E-state index contributed by atoms with van der Waals surface area (Å²) in [5.41, 5.74) is 6.12. The number of anilines is 1. The SMILES string of the molecule is NCCOc1ccc(NC(=O)CCc2ccc(Cl)s2)cc1. The highest BCUT2D eigenvalue weighted by atomic mass is 35.5. The van der Waals surface area contributed by atoms with E-state index in [2.05, 4.69) is 5.32 Å². The van der Waals surface area contributed by atoms with Crippen molar-refractivity contribution in [2.45, 2.75) is 12.8 Å². The lowest BCUT2D eigenvalue weighted by Gasteiger charge is -2.07. The molecule has 0 saturated carbocycles. The Morgan fingerprint density at radius 3 is 2.62 bits per heavy atom. The maximum Gasteiger partial charge on any atom is 0.224 e. The van der Waals surface area contributed by atoms with Gasteiger partial charge in [0.25, 0.3) is 0 Å². The van der Waals surface area contributed by atoms with E-state index in [4.69, 9.17) is 22.1 Å². The molecule has 1 heterocycles. The van der Waals surface area contributed by atoms with Crippen molar-refractivity contribution < 1.29 is 9.53 Å². The van der Waals surface area contributed by atoms with Gasteiger partial charge in [-0.15, -0.1) is 11.3 Å². The minimum Gasteiger partial charge on any atom is -0.492 e. The molecule has 1 aromatic heterocycles. The first-order valence-corrected chi connectivity index (χ1v) is 7.84. The highest BCUT2D eigenvalue weighted by molar-refractivity contribution is 7.16. The number of carbonyl (C=O) groups is 1. The zero-order valence-electron chi connectivity index (χ0n) is 11.5. The van der Waals surface area contributed by atoms with Crippen LogP contribution in [0.15, 0.2) is 36.4 Å². The normalized spacial score (nSPS) is 10.4. The molecule has 0 aliphatic carbocycles. The first kappa shape index (κ1) is 15.8. The average molecular weight is 325 g/mol. The van der Waals surface area contributed by atoms with E-state index in [1.54, 1.807) is 0 Å². The zero-order valence-corrected chi connectivity index (χ0v) is 13.0. The molecule has 2 rings (SSSR count). The molecular weight excluding hydrogens is 308 g/mol. The lowest BCUT2D eigenvalue weighted by molar-refractivity contribution is -0.116. The van der Waals surface area contributed by atoms with Crippen molar-refractivity contribution >= 4 is 34.5 Å². The number of carbonyl (C=O) groups excluding carboxylic acids is 1. The number of nitrogens with two attached hydrogens (primary N) is 1. The first-order valence-electron chi connectivity index (χ1n) is 6.64. The average Bonchev–Trinajstić information content (AvgIpc) is 2.90. The third-order valence-electron chi connectivity index (χ3n) is 2.75. The maximum absolute atomic E-state index is 11.9. The Labute approximate surface area is 132 Å². The van der Waals surface area contributed by atoms with Crippen LogP contribution in [-0.4, -0.2) is 19.1 Å². The molecule has 0 radical (unpaired) electrons. The van der Waals surface area contributed by atoms with Crippen LogP contribution in [0.4, 0.5) is 5.69 Å². The molecule has 112 valence electrons. The minimum atomic E-state index is -0.0184. The summed E-state index contributed by atoms with van der Waals surface area (Å²) in [6.45, 7) is 0.959. The summed E-state index contributed by atoms with van der Waals surface area (Å²) in [7, 11) is 0. The van der Waals surface area contributed by atoms with Crippen LogP contribution >= 0.6 is 22.9 Å². The summed E-state index contributed by atoms with van der Waals surface area (Å²) in [6, 6.07) is 11.0. The van der Waals surface area contributed by atoms with Crippen LogP contribution in [0.25, 0.3) is 0 Å². The predicted molar refractivity (Wildman–Crippen MR) is 87.3 cm³/mol. The van der Waals surface area contributed by atoms with E-state index < -0.39 is 0 Å². The van der Waals surface area contributed by atoms with Gasteiger partial charge in [-0.2, -0.15) is 0 Å². The molecule has 0 spiro atoms. The molecule has 4 nitrogen and oxygen atoms in total. The van der Waals surface area contributed by atoms with Gasteiger partial charge in [-0.25, -0.2) is 0 Å². The summed E-state index contributed by atoms with van der Waals surface area (Å²) in [6.07, 6.45) is 1.13. The number of nitrogens with one attached hydrogen (secondary N) is 1. The number of ether oxygens (including phenoxy) is 1. The van der Waals surface area contributed by atoms with Crippen molar-refractivity contribution in [3.05, 3.63) is 45.6 Å². The van der Waals surface area contributed by atoms with Crippen LogP contribution in [0, 0.1) is 0 Å². The highest BCUT2D eigenvalue weighted by Crippen LogP contribution is 2.22. The fourth-order valence-corrected chi connectivity index (χ4v) is 2.84. The molecule has 0 aliphatic heterocycles. The second-order valence-electron chi connectivity index (χ2n) is 4.42. The number of amides is 1. The fourth-order valence-electron chi connectivity index (χ4n) is 1.76. The Morgan fingerprint density at radius 1 is 1.24 bits per heavy atom. The van der Waals surface area contributed by atoms with Gasteiger partial charge in [0.1, 0.15) is 12.4 Å². The summed E-state index contributed by atoms with van der Waals surface area (Å²) in [4.78, 5) is 13.0. The van der Waals surface area contributed by atoms with Crippen molar-refractivity contribution in [2.24, 2.45) is 5.73 Å². The smallest absolute Gasteiger partial charge is 0.224 e. The van der Waals surface area contributed by atoms with E-state index in [1.807, 2.05) is 36.4 Å². The minimum absolute atomic E-state index is 0.0184. The summed E-state index contributed by atoms with van der Waals surface area (Å²) < 4.78 is 6.12. The van der Waals surface area contributed by atoms with E-state index in [1.165, 1.54) is 11.3 Å². The van der Waals surface area contributed by atoms with Gasteiger partial charge >= 0.3 is 0 Å². The molecule has 21 heavy (non-hydrogen) atoms. The van der Waals surface area contributed by atoms with Crippen LogP contribution in [0.1, 0.15) is 11.3 Å². The Balaban J connectivity index is 1.79. The molecule has 0 saturated heterocycles. The topological polar surface area (TPSA) is 64.3 Å². The van der Waals surface area contributed by atoms with Gasteiger partial charge in [0.15, 0.2) is 0 Å². The lowest BCUT2D eigenvalue weighted by atomic mass is 10.2. The van der Waals surface area contributed by atoms with Gasteiger partial charge in [0.2, 0.25) is 5.91 Å². The van der Waals surface area contributed by atoms with Crippen LogP contribution in [0.5, 0.6) is 5.75 Å². The third kappa shape index (κ3) is 5.38. The van der Waals surface area contributed by atoms with Gasteiger partial charge in [-0.3, -0.25) is 4.79 Å². The van der Waals surface area contributed by atoms with Gasteiger partial charge < -0.3 is 15.8 Å². The molecule has 6 heteroatoms. The molecule has 0 bridgehead atoms. The summed E-state index contributed by atoms with van der Waals surface area (Å²) >= 11 is 7.36. The Hall–Kier alpha value is -1.56. The predicted octanol–water partition coefficient (Wildman–Crippen LogP) is 3.31. The van der Waals surface area contributed by atoms with Crippen LogP contribution in [0.2, 0.25) is 4.34 Å². The van der Waals surface area contributed by atoms with Crippen molar-refractivity contribution in [3.8, 4) is 5.75 Å². The van der Waals surface area contributed by atoms with Gasteiger partial charge in [0, 0.05) is 23.5 Å². The summed E-state index contributed by atoms with van der Waals surface area (Å²) in [5, 5.41) is 2.85. The van der Waals surface area contributed by atoms with Crippen molar-refractivity contribution in [1.82, 2.24) is 0 Å². The fraction of sp³-hybridized carbons (Fsp3) is 0.267. The van der Waals surface area contributed by atoms with E-state index in [9.17, 15) is 4.79 Å². The highest BCUT2D eigenvalue weighted by Gasteiger charge is 2.05. The molecule has 0 fully saturated rings. The van der Waals surface area contributed by atoms with Crippen molar-refractivity contribution in [2.75, 3.05) is 18.5 Å². The van der Waals surface area contributed by atoms with Crippen molar-refractivity contribution in [1.29, 1.82) is 0 Å². The number of hydrogen-bond donors (Lipinski definition) is 2. The second-order valence-corrected chi connectivity index (χ2v) is 6.22. The molecule has 1 amide bonds. The quantitative estimate of drug-likeness (QED) is 0.821. The van der Waals surface area contributed by atoms with E-state index in [0.29, 0.717) is 26.0 Å². The van der Waals surface area contributed by atoms with Crippen LogP contribution < -0.4 is 15.8 Å². The van der Waals surface area contributed by atoms with Gasteiger partial charge in [-0.1, -0.05) is 11.6 Å². The lowest BCUT2D eigenvalue weighted by Crippen LogP contribution is -2.12. The standard InChI is InChI=1S/C15H17ClN2O2S/c16-14-7-5-13(21-14)6-8-15(19)18-11-1-3-12(4-2-11)20-10-9-17/h1-5,7H,6,8-10,17H2,(H,18,19). The van der Waals surface area contributed by atoms with E-state index in [0.717, 1.165) is 20.7 Å². The Bertz CT molecular complexity index is 584. The van der Waals surface area contributed by atoms with Gasteiger partial charge in [-0.05, 0) is 42.8 Å².